The highest BCUT2D eigenvalue weighted by Crippen LogP contribution is 2.54. The fourth-order valence-electron chi connectivity index (χ4n) is 4.06. The lowest BCUT2D eigenvalue weighted by Crippen LogP contribution is -2.60. The van der Waals surface area contributed by atoms with Crippen LogP contribution in [0.3, 0.4) is 0 Å². The van der Waals surface area contributed by atoms with Crippen LogP contribution in [0, 0.1) is 23.7 Å². The highest BCUT2D eigenvalue weighted by molar-refractivity contribution is 5.94. The zero-order chi connectivity index (χ0) is 14.3. The van der Waals surface area contributed by atoms with Crippen molar-refractivity contribution in [3.05, 3.63) is 0 Å². The predicted molar refractivity (Wildman–Crippen MR) is 76.2 cm³/mol. The van der Waals surface area contributed by atoms with E-state index in [-0.39, 0.29) is 17.7 Å². The lowest BCUT2D eigenvalue weighted by molar-refractivity contribution is -0.126. The second kappa shape index (κ2) is 4.93. The molecule has 1 amide bonds. The van der Waals surface area contributed by atoms with Gasteiger partial charge in [-0.25, -0.2) is 0 Å². The van der Waals surface area contributed by atoms with Gasteiger partial charge in [-0.2, -0.15) is 0 Å². The van der Waals surface area contributed by atoms with E-state index in [0.29, 0.717) is 5.92 Å². The number of oxime groups is 1. The minimum absolute atomic E-state index is 0.110. The molecule has 2 atom stereocenters. The largest absolute Gasteiger partial charge is 0.409 e. The van der Waals surface area contributed by atoms with Crippen molar-refractivity contribution in [2.24, 2.45) is 34.6 Å². The van der Waals surface area contributed by atoms with Crippen LogP contribution in [-0.4, -0.2) is 22.5 Å². The minimum Gasteiger partial charge on any atom is -0.409 e. The Labute approximate surface area is 120 Å². The molecule has 4 N–H and O–H groups in total. The summed E-state index contributed by atoms with van der Waals surface area (Å²) in [5.74, 6) is 2.64. The van der Waals surface area contributed by atoms with Crippen LogP contribution >= 0.6 is 0 Å². The maximum atomic E-state index is 12.5. The molecule has 0 radical (unpaired) electrons. The summed E-state index contributed by atoms with van der Waals surface area (Å²) < 4.78 is 0. The number of amides is 1. The number of amidine groups is 1. The van der Waals surface area contributed by atoms with E-state index in [9.17, 15) is 4.79 Å². The average molecular weight is 279 g/mol. The molecule has 5 nitrogen and oxygen atoms in total. The van der Waals surface area contributed by atoms with Crippen molar-refractivity contribution in [1.29, 1.82) is 0 Å². The van der Waals surface area contributed by atoms with Gasteiger partial charge in [0.25, 0.3) is 0 Å². The molecule has 20 heavy (non-hydrogen) atoms. The number of carbonyl (C=O) groups excluding carboxylic acids is 1. The van der Waals surface area contributed by atoms with Crippen LogP contribution in [0.5, 0.6) is 0 Å². The molecule has 3 rings (SSSR count). The first-order valence-electron chi connectivity index (χ1n) is 7.84. The summed E-state index contributed by atoms with van der Waals surface area (Å²) in [6, 6.07) is 0. The molecule has 3 fully saturated rings. The van der Waals surface area contributed by atoms with Crippen molar-refractivity contribution in [3.63, 3.8) is 0 Å². The van der Waals surface area contributed by atoms with E-state index in [1.54, 1.807) is 0 Å². The van der Waals surface area contributed by atoms with Crippen LogP contribution in [-0.2, 0) is 4.79 Å². The second-order valence-corrected chi connectivity index (χ2v) is 7.16. The van der Waals surface area contributed by atoms with Gasteiger partial charge in [-0.15, -0.1) is 0 Å². The van der Waals surface area contributed by atoms with Crippen molar-refractivity contribution >= 4 is 11.7 Å². The molecule has 5 heteroatoms. The Morgan fingerprint density at radius 2 is 1.85 bits per heavy atom. The third kappa shape index (κ3) is 2.38. The van der Waals surface area contributed by atoms with Crippen LogP contribution in [0.1, 0.15) is 51.9 Å². The molecule has 3 aliphatic carbocycles. The number of fused-ring (bicyclic) bond motifs is 1. The summed E-state index contributed by atoms with van der Waals surface area (Å²) >= 11 is 0. The molecule has 0 aromatic rings. The third-order valence-corrected chi connectivity index (χ3v) is 5.70. The third-order valence-electron chi connectivity index (χ3n) is 5.70. The minimum atomic E-state index is -0.620. The number of carbonyl (C=O) groups is 1. The highest BCUT2D eigenvalue weighted by Gasteiger charge is 2.49. The quantitative estimate of drug-likeness (QED) is 0.319. The van der Waals surface area contributed by atoms with Crippen LogP contribution in [0.2, 0.25) is 0 Å². The molecule has 3 aliphatic rings. The molecule has 0 aromatic heterocycles. The van der Waals surface area contributed by atoms with Gasteiger partial charge in [0.15, 0.2) is 5.84 Å². The molecular weight excluding hydrogens is 254 g/mol. The molecule has 0 bridgehead atoms. The number of nitrogens with two attached hydrogens (primary N) is 1. The molecule has 0 heterocycles. The molecule has 3 saturated carbocycles. The maximum absolute atomic E-state index is 12.5. The summed E-state index contributed by atoms with van der Waals surface area (Å²) in [4.78, 5) is 12.5. The summed E-state index contributed by atoms with van der Waals surface area (Å²) in [6.07, 6.45) is 6.93. The molecule has 0 aliphatic heterocycles. The zero-order valence-electron chi connectivity index (χ0n) is 12.1. The fourth-order valence-corrected chi connectivity index (χ4v) is 4.06. The first kappa shape index (κ1) is 13.7. The zero-order valence-corrected chi connectivity index (χ0v) is 12.1. The van der Waals surface area contributed by atoms with Gasteiger partial charge in [0, 0.05) is 5.92 Å². The smallest absolute Gasteiger partial charge is 0.223 e. The van der Waals surface area contributed by atoms with E-state index in [1.165, 1.54) is 6.42 Å². The first-order valence-corrected chi connectivity index (χ1v) is 7.84. The van der Waals surface area contributed by atoms with Gasteiger partial charge in [0.05, 0.1) is 0 Å². The van der Waals surface area contributed by atoms with Gasteiger partial charge in [0.1, 0.15) is 5.54 Å². The van der Waals surface area contributed by atoms with E-state index in [2.05, 4.69) is 17.4 Å². The number of nitrogens with zero attached hydrogens (tertiary/aromatic N) is 1. The molecule has 0 spiro atoms. The normalized spacial score (nSPS) is 44.0. The van der Waals surface area contributed by atoms with Crippen molar-refractivity contribution in [3.8, 4) is 0 Å². The van der Waals surface area contributed by atoms with Crippen LogP contribution < -0.4 is 11.1 Å². The Balaban J connectivity index is 1.68. The van der Waals surface area contributed by atoms with Crippen molar-refractivity contribution < 1.29 is 10.0 Å². The summed E-state index contributed by atoms with van der Waals surface area (Å²) in [6.45, 7) is 2.21. The molecule has 0 saturated heterocycles. The van der Waals surface area contributed by atoms with Gasteiger partial charge in [-0.3, -0.25) is 4.79 Å². The predicted octanol–water partition coefficient (Wildman–Crippen LogP) is 1.84. The lowest BCUT2D eigenvalue weighted by atomic mass is 9.76. The van der Waals surface area contributed by atoms with Crippen LogP contribution in [0.25, 0.3) is 0 Å². The monoisotopic (exact) mass is 279 g/mol. The second-order valence-electron chi connectivity index (χ2n) is 7.16. The van der Waals surface area contributed by atoms with Crippen molar-refractivity contribution in [2.75, 3.05) is 0 Å². The van der Waals surface area contributed by atoms with E-state index >= 15 is 0 Å². The first-order chi connectivity index (χ1) is 9.54. The number of nitrogens with one attached hydrogen (secondary N) is 1. The molecular formula is C15H25N3O2. The lowest BCUT2D eigenvalue weighted by Gasteiger charge is -2.39. The fraction of sp³-hybridized carbons (Fsp3) is 0.867. The Hall–Kier alpha value is -1.26. The SMILES string of the molecule is CC1CCC(NC(=O)C2CC3CC3C2)(C(N)=NO)CC1. The Morgan fingerprint density at radius 1 is 1.25 bits per heavy atom. The van der Waals surface area contributed by atoms with Crippen molar-refractivity contribution in [1.82, 2.24) is 5.32 Å². The Bertz CT molecular complexity index is 417. The van der Waals surface area contributed by atoms with E-state index in [1.807, 2.05) is 0 Å². The van der Waals surface area contributed by atoms with Gasteiger partial charge < -0.3 is 16.3 Å². The topological polar surface area (TPSA) is 87.7 Å². The number of hydrogen-bond donors (Lipinski definition) is 3. The van der Waals surface area contributed by atoms with Gasteiger partial charge in [0.2, 0.25) is 5.91 Å². The van der Waals surface area contributed by atoms with Gasteiger partial charge in [-0.05, 0) is 62.7 Å². The summed E-state index contributed by atoms with van der Waals surface area (Å²) in [5, 5.41) is 15.4. The average Bonchev–Trinajstić information content (AvgIpc) is 3.07. The summed E-state index contributed by atoms with van der Waals surface area (Å²) in [7, 11) is 0. The maximum Gasteiger partial charge on any atom is 0.223 e. The van der Waals surface area contributed by atoms with Crippen LogP contribution in [0.4, 0.5) is 0 Å². The van der Waals surface area contributed by atoms with Crippen molar-refractivity contribution in [2.45, 2.75) is 57.4 Å². The summed E-state index contributed by atoms with van der Waals surface area (Å²) in [5.41, 5.74) is 5.28. The number of hydrogen-bond acceptors (Lipinski definition) is 3. The molecule has 0 aromatic carbocycles. The Kier molecular flexibility index (Phi) is 3.38. The molecule has 2 unspecified atom stereocenters. The standard InChI is InChI=1S/C15H25N3O2/c1-9-2-4-15(5-3-9,14(16)18-20)17-13(19)12-7-10-6-11(10)8-12/h9-12,20H,2-8H2,1H3,(H2,16,18)(H,17,19). The Morgan fingerprint density at radius 3 is 2.40 bits per heavy atom. The van der Waals surface area contributed by atoms with E-state index in [0.717, 1.165) is 50.4 Å². The highest BCUT2D eigenvalue weighted by atomic mass is 16.4. The van der Waals surface area contributed by atoms with Gasteiger partial charge >= 0.3 is 0 Å². The number of rotatable bonds is 3. The van der Waals surface area contributed by atoms with E-state index in [4.69, 9.17) is 10.9 Å². The van der Waals surface area contributed by atoms with Gasteiger partial charge in [-0.1, -0.05) is 12.1 Å². The van der Waals surface area contributed by atoms with E-state index < -0.39 is 5.54 Å². The van der Waals surface area contributed by atoms with Crippen LogP contribution in [0.15, 0.2) is 5.16 Å². The molecule has 112 valence electrons.